The summed E-state index contributed by atoms with van der Waals surface area (Å²) in [4.78, 5) is 15.0. The van der Waals surface area contributed by atoms with Crippen LogP contribution >= 0.6 is 0 Å². The van der Waals surface area contributed by atoms with E-state index in [1.807, 2.05) is 36.1 Å². The molecule has 1 aliphatic heterocycles. The number of nitrogens with one attached hydrogen (secondary N) is 1. The number of methoxy groups -OCH3 is 1. The maximum atomic E-state index is 12.9. The second kappa shape index (κ2) is 9.52. The van der Waals surface area contributed by atoms with Gasteiger partial charge < -0.3 is 9.64 Å². The lowest BCUT2D eigenvalue weighted by Crippen LogP contribution is -2.43. The summed E-state index contributed by atoms with van der Waals surface area (Å²) < 4.78 is 32.9. The van der Waals surface area contributed by atoms with E-state index < -0.39 is 10.0 Å². The number of carbonyl (C=O) groups is 1. The molecule has 1 aliphatic rings. The molecule has 2 aromatic carbocycles. The van der Waals surface area contributed by atoms with Crippen LogP contribution in [0.2, 0.25) is 0 Å². The zero-order valence-corrected chi connectivity index (χ0v) is 17.7. The number of ether oxygens (including phenoxy) is 1. The predicted octanol–water partition coefficient (Wildman–Crippen LogP) is 2.97. The SMILES string of the molecule is COCc1cccc(C(=O)N2CCCC(CNS(=O)(=O)c3ccc(C)cc3)C2)c1. The lowest BCUT2D eigenvalue weighted by atomic mass is 9.97. The highest BCUT2D eigenvalue weighted by atomic mass is 32.2. The van der Waals surface area contributed by atoms with Gasteiger partial charge in [0, 0.05) is 32.3 Å². The van der Waals surface area contributed by atoms with Gasteiger partial charge in [0.05, 0.1) is 11.5 Å². The van der Waals surface area contributed by atoms with E-state index in [4.69, 9.17) is 4.74 Å². The summed E-state index contributed by atoms with van der Waals surface area (Å²) in [5.74, 6) is 0.0733. The largest absolute Gasteiger partial charge is 0.380 e. The second-order valence-electron chi connectivity index (χ2n) is 7.56. The van der Waals surface area contributed by atoms with Crippen molar-refractivity contribution >= 4 is 15.9 Å². The minimum Gasteiger partial charge on any atom is -0.380 e. The smallest absolute Gasteiger partial charge is 0.253 e. The van der Waals surface area contributed by atoms with Crippen LogP contribution in [-0.4, -0.2) is 46.0 Å². The molecule has 3 rings (SSSR count). The number of piperidine rings is 1. The van der Waals surface area contributed by atoms with Gasteiger partial charge in [-0.3, -0.25) is 4.79 Å². The molecule has 29 heavy (non-hydrogen) atoms. The molecule has 1 heterocycles. The van der Waals surface area contributed by atoms with Crippen molar-refractivity contribution in [2.24, 2.45) is 5.92 Å². The number of aryl methyl sites for hydroxylation is 1. The number of benzene rings is 2. The van der Waals surface area contributed by atoms with Gasteiger partial charge in [-0.15, -0.1) is 0 Å². The van der Waals surface area contributed by atoms with Crippen LogP contribution in [0.25, 0.3) is 0 Å². The highest BCUT2D eigenvalue weighted by Crippen LogP contribution is 2.20. The van der Waals surface area contributed by atoms with Crippen molar-refractivity contribution in [3.8, 4) is 0 Å². The van der Waals surface area contributed by atoms with Gasteiger partial charge in [0.15, 0.2) is 0 Å². The summed E-state index contributed by atoms with van der Waals surface area (Å²) in [5.41, 5.74) is 2.61. The van der Waals surface area contributed by atoms with Gasteiger partial charge in [-0.25, -0.2) is 13.1 Å². The monoisotopic (exact) mass is 416 g/mol. The van der Waals surface area contributed by atoms with Crippen LogP contribution < -0.4 is 4.72 Å². The van der Waals surface area contributed by atoms with E-state index in [9.17, 15) is 13.2 Å². The van der Waals surface area contributed by atoms with E-state index in [2.05, 4.69) is 4.72 Å². The number of hydrogen-bond donors (Lipinski definition) is 1. The van der Waals surface area contributed by atoms with E-state index in [0.717, 1.165) is 24.0 Å². The van der Waals surface area contributed by atoms with E-state index >= 15 is 0 Å². The Bertz CT molecular complexity index is 942. The topological polar surface area (TPSA) is 75.7 Å². The first-order chi connectivity index (χ1) is 13.9. The summed E-state index contributed by atoms with van der Waals surface area (Å²) in [6.45, 7) is 3.94. The van der Waals surface area contributed by atoms with Crippen molar-refractivity contribution in [3.63, 3.8) is 0 Å². The molecule has 1 N–H and O–H groups in total. The van der Waals surface area contributed by atoms with E-state index in [0.29, 0.717) is 31.8 Å². The van der Waals surface area contributed by atoms with Gasteiger partial charge in [0.2, 0.25) is 10.0 Å². The fourth-order valence-electron chi connectivity index (χ4n) is 3.59. The number of rotatable bonds is 7. The Hall–Kier alpha value is -2.22. The first kappa shape index (κ1) is 21.5. The molecule has 0 radical (unpaired) electrons. The van der Waals surface area contributed by atoms with Crippen LogP contribution in [0.1, 0.15) is 34.3 Å². The summed E-state index contributed by atoms with van der Waals surface area (Å²) in [6.07, 6.45) is 1.75. The number of amides is 1. The Balaban J connectivity index is 1.61. The molecule has 156 valence electrons. The van der Waals surface area contributed by atoms with Gasteiger partial charge in [0.1, 0.15) is 0 Å². The Morgan fingerprint density at radius 1 is 1.21 bits per heavy atom. The summed E-state index contributed by atoms with van der Waals surface area (Å²) in [5, 5.41) is 0. The number of hydrogen-bond acceptors (Lipinski definition) is 4. The van der Waals surface area contributed by atoms with E-state index in [1.54, 1.807) is 31.4 Å². The van der Waals surface area contributed by atoms with Crippen molar-refractivity contribution in [1.82, 2.24) is 9.62 Å². The zero-order valence-electron chi connectivity index (χ0n) is 16.9. The third kappa shape index (κ3) is 5.65. The van der Waals surface area contributed by atoms with Crippen molar-refractivity contribution < 1.29 is 17.9 Å². The first-order valence-electron chi connectivity index (χ1n) is 9.82. The van der Waals surface area contributed by atoms with Crippen LogP contribution in [0.15, 0.2) is 53.4 Å². The Morgan fingerprint density at radius 2 is 1.97 bits per heavy atom. The normalized spacial score (nSPS) is 17.3. The lowest BCUT2D eigenvalue weighted by Gasteiger charge is -2.33. The third-order valence-corrected chi connectivity index (χ3v) is 6.62. The molecule has 7 heteroatoms. The number of sulfonamides is 1. The minimum absolute atomic E-state index is 0.0194. The molecule has 1 amide bonds. The lowest BCUT2D eigenvalue weighted by molar-refractivity contribution is 0.0676. The summed E-state index contributed by atoms with van der Waals surface area (Å²) >= 11 is 0. The highest BCUT2D eigenvalue weighted by molar-refractivity contribution is 7.89. The van der Waals surface area contributed by atoms with Crippen LogP contribution in [0.3, 0.4) is 0 Å². The zero-order chi connectivity index (χ0) is 20.9. The highest BCUT2D eigenvalue weighted by Gasteiger charge is 2.26. The first-order valence-corrected chi connectivity index (χ1v) is 11.3. The molecule has 0 saturated carbocycles. The van der Waals surface area contributed by atoms with Crippen LogP contribution in [-0.2, 0) is 21.4 Å². The van der Waals surface area contributed by atoms with Crippen molar-refractivity contribution in [2.45, 2.75) is 31.3 Å². The predicted molar refractivity (Wildman–Crippen MR) is 112 cm³/mol. The van der Waals surface area contributed by atoms with Crippen molar-refractivity contribution in [2.75, 3.05) is 26.7 Å². The molecule has 0 aliphatic carbocycles. The van der Waals surface area contributed by atoms with E-state index in [-0.39, 0.29) is 16.7 Å². The van der Waals surface area contributed by atoms with Crippen LogP contribution in [0.5, 0.6) is 0 Å². The Kier molecular flexibility index (Phi) is 7.05. The molecule has 1 atom stereocenters. The fraction of sp³-hybridized carbons (Fsp3) is 0.409. The Morgan fingerprint density at radius 3 is 2.69 bits per heavy atom. The molecule has 6 nitrogen and oxygen atoms in total. The molecule has 0 bridgehead atoms. The number of nitrogens with zero attached hydrogens (tertiary/aromatic N) is 1. The average Bonchev–Trinajstić information content (AvgIpc) is 2.73. The fourth-order valence-corrected chi connectivity index (χ4v) is 4.70. The Labute approximate surface area is 172 Å². The molecule has 0 aromatic heterocycles. The number of likely N-dealkylation sites (tertiary alicyclic amines) is 1. The van der Waals surface area contributed by atoms with Crippen LogP contribution in [0.4, 0.5) is 0 Å². The maximum Gasteiger partial charge on any atom is 0.253 e. The average molecular weight is 417 g/mol. The van der Waals surface area contributed by atoms with Gasteiger partial charge in [-0.1, -0.05) is 29.8 Å². The summed E-state index contributed by atoms with van der Waals surface area (Å²) in [7, 11) is -1.92. The summed E-state index contributed by atoms with van der Waals surface area (Å²) in [6, 6.07) is 14.3. The van der Waals surface area contributed by atoms with Gasteiger partial charge in [0.25, 0.3) is 5.91 Å². The molecule has 1 fully saturated rings. The van der Waals surface area contributed by atoms with Gasteiger partial charge in [-0.05, 0) is 55.5 Å². The van der Waals surface area contributed by atoms with E-state index in [1.165, 1.54) is 0 Å². The van der Waals surface area contributed by atoms with Crippen molar-refractivity contribution in [3.05, 3.63) is 65.2 Å². The molecular weight excluding hydrogens is 388 g/mol. The van der Waals surface area contributed by atoms with Gasteiger partial charge in [-0.2, -0.15) is 0 Å². The molecule has 2 aromatic rings. The molecular formula is C22H28N2O4S. The maximum absolute atomic E-state index is 12.9. The molecule has 1 saturated heterocycles. The van der Waals surface area contributed by atoms with Crippen LogP contribution in [0, 0.1) is 12.8 Å². The minimum atomic E-state index is -3.55. The standard InChI is InChI=1S/C22H28N2O4S/c1-17-8-10-21(11-9-17)29(26,27)23-14-19-6-4-12-24(15-19)22(25)20-7-3-5-18(13-20)16-28-2/h3,5,7-11,13,19,23H,4,6,12,14-16H2,1-2H3. The molecule has 1 unspecified atom stereocenters. The quantitative estimate of drug-likeness (QED) is 0.753. The number of carbonyl (C=O) groups excluding carboxylic acids is 1. The second-order valence-corrected chi connectivity index (χ2v) is 9.32. The van der Waals surface area contributed by atoms with Crippen molar-refractivity contribution in [1.29, 1.82) is 0 Å². The molecule has 0 spiro atoms. The van der Waals surface area contributed by atoms with Gasteiger partial charge >= 0.3 is 0 Å². The third-order valence-electron chi connectivity index (χ3n) is 5.18.